The van der Waals surface area contributed by atoms with E-state index in [-0.39, 0.29) is 22.3 Å². The summed E-state index contributed by atoms with van der Waals surface area (Å²) in [6.45, 7) is 0. The standard InChI is InChI=1S/C20H21ClFN3O2/c1-25-11-23-17(12-4-6-20(7-5-12)9-14(26)10-20)18(25)19(27)24-13-2-3-16(22)15(21)8-13/h2-3,8,11-12H,4-7,9-10H2,1H3,(H,24,27). The average molecular weight is 390 g/mol. The molecule has 2 saturated carbocycles. The SMILES string of the molecule is Cn1cnc(C2CCC3(CC2)CC(=O)C3)c1C(=O)Nc1ccc(F)c(Cl)c1. The highest BCUT2D eigenvalue weighted by Crippen LogP contribution is 2.52. The molecule has 2 aliphatic carbocycles. The van der Waals surface area contributed by atoms with Crippen LogP contribution >= 0.6 is 11.6 Å². The summed E-state index contributed by atoms with van der Waals surface area (Å²) in [6.07, 6.45) is 6.96. The van der Waals surface area contributed by atoms with Gasteiger partial charge in [0.05, 0.1) is 17.0 Å². The third kappa shape index (κ3) is 3.38. The number of nitrogens with zero attached hydrogens (tertiary/aromatic N) is 2. The first-order chi connectivity index (χ1) is 12.9. The third-order valence-electron chi connectivity index (χ3n) is 5.94. The monoisotopic (exact) mass is 389 g/mol. The van der Waals surface area contributed by atoms with Gasteiger partial charge in [-0.25, -0.2) is 9.37 Å². The van der Waals surface area contributed by atoms with E-state index in [0.717, 1.165) is 31.4 Å². The summed E-state index contributed by atoms with van der Waals surface area (Å²) in [7, 11) is 1.79. The minimum Gasteiger partial charge on any atom is -0.329 e. The van der Waals surface area contributed by atoms with Crippen molar-refractivity contribution in [3.05, 3.63) is 46.8 Å². The molecule has 0 bridgehead atoms. The van der Waals surface area contributed by atoms with E-state index in [1.807, 2.05) is 0 Å². The highest BCUT2D eigenvalue weighted by molar-refractivity contribution is 6.31. The van der Waals surface area contributed by atoms with Crippen molar-refractivity contribution < 1.29 is 14.0 Å². The summed E-state index contributed by atoms with van der Waals surface area (Å²) >= 11 is 5.79. The number of hydrogen-bond donors (Lipinski definition) is 1. The molecule has 142 valence electrons. The molecule has 0 saturated heterocycles. The maximum atomic E-state index is 13.3. The average Bonchev–Trinajstić information content (AvgIpc) is 2.99. The second-order valence-electron chi connectivity index (χ2n) is 7.84. The Hall–Kier alpha value is -2.21. The summed E-state index contributed by atoms with van der Waals surface area (Å²) in [5.41, 5.74) is 1.95. The Morgan fingerprint density at radius 2 is 2.04 bits per heavy atom. The summed E-state index contributed by atoms with van der Waals surface area (Å²) in [6, 6.07) is 4.10. The smallest absolute Gasteiger partial charge is 0.274 e. The number of imidazole rings is 1. The van der Waals surface area contributed by atoms with Gasteiger partial charge in [-0.05, 0) is 49.3 Å². The van der Waals surface area contributed by atoms with Gasteiger partial charge in [0.2, 0.25) is 0 Å². The molecule has 0 aliphatic heterocycles. The number of aromatic nitrogens is 2. The number of carbonyl (C=O) groups excluding carboxylic acids is 2. The fraction of sp³-hybridized carbons (Fsp3) is 0.450. The van der Waals surface area contributed by atoms with Crippen molar-refractivity contribution in [2.24, 2.45) is 12.5 Å². The van der Waals surface area contributed by atoms with Crippen LogP contribution in [0.25, 0.3) is 0 Å². The fourth-order valence-electron chi connectivity index (χ4n) is 4.43. The van der Waals surface area contributed by atoms with Gasteiger partial charge < -0.3 is 9.88 Å². The third-order valence-corrected chi connectivity index (χ3v) is 6.22. The number of hydrogen-bond acceptors (Lipinski definition) is 3. The van der Waals surface area contributed by atoms with Gasteiger partial charge in [-0.3, -0.25) is 9.59 Å². The van der Waals surface area contributed by atoms with E-state index in [0.29, 0.717) is 30.0 Å². The van der Waals surface area contributed by atoms with E-state index in [1.54, 1.807) is 17.9 Å². The van der Waals surface area contributed by atoms with E-state index < -0.39 is 5.82 Å². The van der Waals surface area contributed by atoms with Gasteiger partial charge in [-0.1, -0.05) is 11.6 Å². The van der Waals surface area contributed by atoms with Crippen molar-refractivity contribution in [3.63, 3.8) is 0 Å². The van der Waals surface area contributed by atoms with Crippen LogP contribution < -0.4 is 5.32 Å². The zero-order chi connectivity index (χ0) is 19.2. The Morgan fingerprint density at radius 3 is 2.67 bits per heavy atom. The predicted molar refractivity (Wildman–Crippen MR) is 100 cm³/mol. The number of halogens is 2. The molecule has 5 nitrogen and oxygen atoms in total. The summed E-state index contributed by atoms with van der Waals surface area (Å²) in [5, 5.41) is 2.75. The van der Waals surface area contributed by atoms with Gasteiger partial charge in [0, 0.05) is 31.5 Å². The number of ketones is 1. The van der Waals surface area contributed by atoms with Gasteiger partial charge in [-0.2, -0.15) is 0 Å². The first-order valence-electron chi connectivity index (χ1n) is 9.16. The zero-order valence-electron chi connectivity index (χ0n) is 15.1. The minimum atomic E-state index is -0.526. The summed E-state index contributed by atoms with van der Waals surface area (Å²) in [4.78, 5) is 28.7. The second-order valence-corrected chi connectivity index (χ2v) is 8.25. The lowest BCUT2D eigenvalue weighted by molar-refractivity contribution is -0.134. The zero-order valence-corrected chi connectivity index (χ0v) is 15.9. The Kier molecular flexibility index (Phi) is 4.54. The maximum absolute atomic E-state index is 13.3. The number of amides is 1. The van der Waals surface area contributed by atoms with Gasteiger partial charge in [-0.15, -0.1) is 0 Å². The number of rotatable bonds is 3. The van der Waals surface area contributed by atoms with E-state index in [9.17, 15) is 14.0 Å². The molecule has 1 aromatic carbocycles. The molecule has 1 amide bonds. The molecule has 0 unspecified atom stereocenters. The number of aryl methyl sites for hydroxylation is 1. The van der Waals surface area contributed by atoms with Crippen molar-refractivity contribution >= 4 is 29.0 Å². The molecule has 1 heterocycles. The van der Waals surface area contributed by atoms with Crippen molar-refractivity contribution in [1.82, 2.24) is 9.55 Å². The fourth-order valence-corrected chi connectivity index (χ4v) is 4.61. The van der Waals surface area contributed by atoms with Crippen LogP contribution in [0.15, 0.2) is 24.5 Å². The quantitative estimate of drug-likeness (QED) is 0.842. The molecular weight excluding hydrogens is 369 g/mol. The predicted octanol–water partition coefficient (Wildman–Crippen LogP) is 4.47. The number of anilines is 1. The summed E-state index contributed by atoms with van der Waals surface area (Å²) < 4.78 is 15.0. The lowest BCUT2D eigenvalue weighted by Gasteiger charge is -2.45. The van der Waals surface area contributed by atoms with Gasteiger partial charge in [0.1, 0.15) is 17.3 Å². The van der Waals surface area contributed by atoms with E-state index in [1.165, 1.54) is 18.2 Å². The number of Topliss-reactive ketones (excluding diaryl/α,β-unsaturated/α-hetero) is 1. The lowest BCUT2D eigenvalue weighted by Crippen LogP contribution is -2.40. The minimum absolute atomic E-state index is 0.0364. The summed E-state index contributed by atoms with van der Waals surface area (Å²) in [5.74, 6) is -0.234. The molecule has 7 heteroatoms. The molecule has 4 rings (SSSR count). The molecule has 27 heavy (non-hydrogen) atoms. The lowest BCUT2D eigenvalue weighted by atomic mass is 9.58. The molecule has 0 radical (unpaired) electrons. The Labute approximate surface area is 161 Å². The van der Waals surface area contributed by atoms with Crippen LogP contribution in [0.2, 0.25) is 5.02 Å². The van der Waals surface area contributed by atoms with Crippen molar-refractivity contribution in [1.29, 1.82) is 0 Å². The largest absolute Gasteiger partial charge is 0.329 e. The molecule has 2 fully saturated rings. The highest BCUT2D eigenvalue weighted by atomic mass is 35.5. The Morgan fingerprint density at radius 1 is 1.33 bits per heavy atom. The molecule has 0 atom stereocenters. The van der Waals surface area contributed by atoms with Gasteiger partial charge in [0.15, 0.2) is 0 Å². The van der Waals surface area contributed by atoms with Crippen LogP contribution in [0.3, 0.4) is 0 Å². The van der Waals surface area contributed by atoms with Crippen LogP contribution in [-0.2, 0) is 11.8 Å². The van der Waals surface area contributed by atoms with Crippen molar-refractivity contribution in [2.75, 3.05) is 5.32 Å². The molecule has 1 aromatic heterocycles. The normalized spacial score (nSPS) is 19.1. The molecule has 2 aliphatic rings. The van der Waals surface area contributed by atoms with Crippen LogP contribution in [0, 0.1) is 11.2 Å². The Balaban J connectivity index is 1.50. The molecular formula is C20H21ClFN3O2. The van der Waals surface area contributed by atoms with Crippen LogP contribution in [0.4, 0.5) is 10.1 Å². The maximum Gasteiger partial charge on any atom is 0.274 e. The van der Waals surface area contributed by atoms with Crippen molar-refractivity contribution in [3.8, 4) is 0 Å². The highest BCUT2D eigenvalue weighted by Gasteiger charge is 2.46. The number of benzene rings is 1. The van der Waals surface area contributed by atoms with E-state index in [2.05, 4.69) is 10.3 Å². The number of carbonyl (C=O) groups is 2. The molecule has 1 spiro atoms. The van der Waals surface area contributed by atoms with E-state index >= 15 is 0 Å². The topological polar surface area (TPSA) is 64.0 Å². The second kappa shape index (κ2) is 6.75. The van der Waals surface area contributed by atoms with E-state index in [4.69, 9.17) is 11.6 Å². The first kappa shape index (κ1) is 18.2. The number of nitrogens with one attached hydrogen (secondary N) is 1. The van der Waals surface area contributed by atoms with Gasteiger partial charge in [0.25, 0.3) is 5.91 Å². The van der Waals surface area contributed by atoms with Crippen LogP contribution in [0.1, 0.15) is 60.6 Å². The molecule has 2 aromatic rings. The first-order valence-corrected chi connectivity index (χ1v) is 9.54. The van der Waals surface area contributed by atoms with Crippen LogP contribution in [0.5, 0.6) is 0 Å². The van der Waals surface area contributed by atoms with Crippen molar-refractivity contribution in [2.45, 2.75) is 44.4 Å². The Bertz CT molecular complexity index is 906. The van der Waals surface area contributed by atoms with Gasteiger partial charge >= 0.3 is 0 Å². The molecule has 1 N–H and O–H groups in total. The van der Waals surface area contributed by atoms with Crippen LogP contribution in [-0.4, -0.2) is 21.2 Å².